The molecule has 8 heteroatoms. The average Bonchev–Trinajstić information content (AvgIpc) is 2.90. The van der Waals surface area contributed by atoms with Gasteiger partial charge in [0.1, 0.15) is 0 Å². The third-order valence-corrected chi connectivity index (χ3v) is 5.91. The normalized spacial score (nSPS) is 21.6. The predicted molar refractivity (Wildman–Crippen MR) is 83.1 cm³/mol. The van der Waals surface area contributed by atoms with Crippen LogP contribution in [0.4, 0.5) is 0 Å². The lowest BCUT2D eigenvalue weighted by atomic mass is 9.99. The number of carbonyl (C=O) groups excluding carboxylic acids is 1. The van der Waals surface area contributed by atoms with Crippen LogP contribution in [0.25, 0.3) is 0 Å². The quantitative estimate of drug-likeness (QED) is 0.841. The van der Waals surface area contributed by atoms with Gasteiger partial charge in [-0.25, -0.2) is 8.42 Å². The van der Waals surface area contributed by atoms with Gasteiger partial charge in [-0.05, 0) is 18.1 Å². The van der Waals surface area contributed by atoms with Crippen molar-refractivity contribution in [1.82, 2.24) is 9.21 Å². The van der Waals surface area contributed by atoms with Crippen LogP contribution in [0, 0.1) is 11.8 Å². The number of benzene rings is 1. The highest BCUT2D eigenvalue weighted by Gasteiger charge is 2.37. The van der Waals surface area contributed by atoms with E-state index in [9.17, 15) is 18.0 Å². The fraction of sp³-hybridized carbons (Fsp3) is 0.467. The number of carbonyl (C=O) groups is 2. The van der Waals surface area contributed by atoms with Gasteiger partial charge in [0.05, 0.1) is 17.4 Å². The van der Waals surface area contributed by atoms with Crippen LogP contribution >= 0.6 is 0 Å². The Hall–Kier alpha value is -1.93. The van der Waals surface area contributed by atoms with E-state index in [2.05, 4.69) is 0 Å². The Morgan fingerprint density at radius 3 is 2.39 bits per heavy atom. The van der Waals surface area contributed by atoms with Gasteiger partial charge in [-0.3, -0.25) is 9.59 Å². The van der Waals surface area contributed by atoms with Crippen LogP contribution in [0.1, 0.15) is 6.92 Å². The van der Waals surface area contributed by atoms with E-state index in [1.54, 1.807) is 25.1 Å². The van der Waals surface area contributed by atoms with Crippen molar-refractivity contribution in [2.24, 2.45) is 11.8 Å². The average molecular weight is 340 g/mol. The summed E-state index contributed by atoms with van der Waals surface area (Å²) >= 11 is 0. The molecule has 1 aromatic rings. The summed E-state index contributed by atoms with van der Waals surface area (Å²) in [4.78, 5) is 24.9. The third kappa shape index (κ3) is 3.70. The fourth-order valence-corrected chi connectivity index (χ4v) is 3.78. The Morgan fingerprint density at radius 1 is 1.26 bits per heavy atom. The monoisotopic (exact) mass is 340 g/mol. The summed E-state index contributed by atoms with van der Waals surface area (Å²) in [6.45, 7) is 1.91. The molecule has 0 spiro atoms. The number of nitrogens with zero attached hydrogens (tertiary/aromatic N) is 2. The van der Waals surface area contributed by atoms with E-state index in [0.717, 1.165) is 4.31 Å². The molecule has 1 amide bonds. The number of sulfonamides is 1. The molecule has 1 aliphatic rings. The van der Waals surface area contributed by atoms with E-state index in [0.29, 0.717) is 6.54 Å². The van der Waals surface area contributed by atoms with Crippen molar-refractivity contribution in [3.8, 4) is 0 Å². The van der Waals surface area contributed by atoms with Gasteiger partial charge in [-0.15, -0.1) is 0 Å². The fourth-order valence-electron chi connectivity index (χ4n) is 2.64. The minimum absolute atomic E-state index is 0.119. The number of aliphatic carboxylic acids is 1. The van der Waals surface area contributed by atoms with Gasteiger partial charge in [-0.2, -0.15) is 4.31 Å². The Labute approximate surface area is 135 Å². The summed E-state index contributed by atoms with van der Waals surface area (Å²) in [5.41, 5.74) is 0. The molecule has 126 valence electrons. The zero-order chi connectivity index (χ0) is 17.2. The van der Waals surface area contributed by atoms with Crippen LogP contribution in [0.15, 0.2) is 35.2 Å². The second-order valence-electron chi connectivity index (χ2n) is 5.79. The molecule has 0 aliphatic carbocycles. The van der Waals surface area contributed by atoms with Gasteiger partial charge in [-0.1, -0.05) is 25.1 Å². The Bertz CT molecular complexity index is 689. The van der Waals surface area contributed by atoms with Crippen molar-refractivity contribution in [3.05, 3.63) is 30.3 Å². The van der Waals surface area contributed by atoms with Crippen molar-refractivity contribution < 1.29 is 23.1 Å². The van der Waals surface area contributed by atoms with Crippen LogP contribution in [-0.4, -0.2) is 61.3 Å². The molecule has 0 unspecified atom stereocenters. The molecule has 0 radical (unpaired) electrons. The Balaban J connectivity index is 2.05. The molecule has 0 saturated carbocycles. The number of hydrogen-bond acceptors (Lipinski definition) is 4. The van der Waals surface area contributed by atoms with Crippen LogP contribution in [0.3, 0.4) is 0 Å². The summed E-state index contributed by atoms with van der Waals surface area (Å²) in [6.07, 6.45) is 0. The molecule has 1 aromatic carbocycles. The molecule has 23 heavy (non-hydrogen) atoms. The van der Waals surface area contributed by atoms with Crippen LogP contribution in [0.5, 0.6) is 0 Å². The summed E-state index contributed by atoms with van der Waals surface area (Å²) in [5, 5.41) is 9.10. The molecule has 7 nitrogen and oxygen atoms in total. The van der Waals surface area contributed by atoms with Crippen molar-refractivity contribution >= 4 is 21.9 Å². The molecular formula is C15H20N2O5S. The van der Waals surface area contributed by atoms with Crippen LogP contribution < -0.4 is 0 Å². The van der Waals surface area contributed by atoms with Crippen molar-refractivity contribution in [3.63, 3.8) is 0 Å². The van der Waals surface area contributed by atoms with Crippen molar-refractivity contribution in [2.45, 2.75) is 11.8 Å². The van der Waals surface area contributed by atoms with Crippen LogP contribution in [0.2, 0.25) is 0 Å². The maximum absolute atomic E-state index is 12.4. The molecule has 1 aliphatic heterocycles. The van der Waals surface area contributed by atoms with Gasteiger partial charge in [0.25, 0.3) is 0 Å². The first-order valence-electron chi connectivity index (χ1n) is 7.25. The standard InChI is InChI=1S/C15H20N2O5S/c1-11-8-17(9-13(11)15(19)20)14(18)10-16(2)23(21,22)12-6-4-3-5-7-12/h3-7,11,13H,8-10H2,1-2H3,(H,19,20)/t11-,13-/m1/s1. The summed E-state index contributed by atoms with van der Waals surface area (Å²) in [7, 11) is -2.40. The topological polar surface area (TPSA) is 95.0 Å². The minimum atomic E-state index is -3.74. The number of rotatable bonds is 5. The van der Waals surface area contributed by atoms with Crippen molar-refractivity contribution in [2.75, 3.05) is 26.7 Å². The zero-order valence-electron chi connectivity index (χ0n) is 13.0. The third-order valence-electron chi connectivity index (χ3n) is 4.09. The van der Waals surface area contributed by atoms with E-state index < -0.39 is 21.9 Å². The lowest BCUT2D eigenvalue weighted by Gasteiger charge is -2.21. The van der Waals surface area contributed by atoms with Crippen molar-refractivity contribution in [1.29, 1.82) is 0 Å². The summed E-state index contributed by atoms with van der Waals surface area (Å²) < 4.78 is 25.8. The largest absolute Gasteiger partial charge is 0.481 e. The molecule has 1 fully saturated rings. The molecule has 2 atom stereocenters. The minimum Gasteiger partial charge on any atom is -0.481 e. The first-order chi connectivity index (χ1) is 10.7. The van der Waals surface area contributed by atoms with E-state index in [4.69, 9.17) is 5.11 Å². The SMILES string of the molecule is C[C@@H]1CN(C(=O)CN(C)S(=O)(=O)c2ccccc2)C[C@H]1C(=O)O. The zero-order valence-corrected chi connectivity index (χ0v) is 13.9. The van der Waals surface area contributed by atoms with Gasteiger partial charge < -0.3 is 10.0 Å². The first-order valence-corrected chi connectivity index (χ1v) is 8.69. The van der Waals surface area contributed by atoms with Gasteiger partial charge in [0.2, 0.25) is 15.9 Å². The molecule has 0 bridgehead atoms. The highest BCUT2D eigenvalue weighted by Crippen LogP contribution is 2.23. The Morgan fingerprint density at radius 2 is 1.87 bits per heavy atom. The maximum atomic E-state index is 12.4. The van der Waals surface area contributed by atoms with E-state index in [1.165, 1.54) is 24.1 Å². The van der Waals surface area contributed by atoms with E-state index in [1.807, 2.05) is 0 Å². The number of hydrogen-bond donors (Lipinski definition) is 1. The van der Waals surface area contributed by atoms with E-state index >= 15 is 0 Å². The van der Waals surface area contributed by atoms with Crippen LogP contribution in [-0.2, 0) is 19.6 Å². The van der Waals surface area contributed by atoms with E-state index in [-0.39, 0.29) is 29.8 Å². The number of amides is 1. The van der Waals surface area contributed by atoms with Gasteiger partial charge in [0.15, 0.2) is 0 Å². The molecule has 2 rings (SSSR count). The summed E-state index contributed by atoms with van der Waals surface area (Å²) in [6, 6.07) is 7.87. The van der Waals surface area contributed by atoms with Gasteiger partial charge >= 0.3 is 5.97 Å². The highest BCUT2D eigenvalue weighted by atomic mass is 32.2. The first kappa shape index (κ1) is 17.4. The molecular weight excluding hydrogens is 320 g/mol. The number of likely N-dealkylation sites (tertiary alicyclic amines) is 1. The second kappa shape index (κ2) is 6.67. The lowest BCUT2D eigenvalue weighted by Crippen LogP contribution is -2.40. The predicted octanol–water partition coefficient (Wildman–Crippen LogP) is 0.486. The molecule has 1 heterocycles. The molecule has 1 N–H and O–H groups in total. The highest BCUT2D eigenvalue weighted by molar-refractivity contribution is 7.89. The summed E-state index contributed by atoms with van der Waals surface area (Å²) in [5.74, 6) is -2.07. The number of likely N-dealkylation sites (N-methyl/N-ethyl adjacent to an activating group) is 1. The number of carboxylic acids is 1. The Kier molecular flexibility index (Phi) is 5.06. The number of carboxylic acid groups (broad SMARTS) is 1. The maximum Gasteiger partial charge on any atom is 0.308 e. The smallest absolute Gasteiger partial charge is 0.308 e. The molecule has 1 saturated heterocycles. The molecule has 0 aromatic heterocycles. The lowest BCUT2D eigenvalue weighted by molar-refractivity contribution is -0.142. The van der Waals surface area contributed by atoms with Gasteiger partial charge in [0, 0.05) is 20.1 Å². The second-order valence-corrected chi connectivity index (χ2v) is 7.84.